The number of thioether (sulfide) groups is 1. The van der Waals surface area contributed by atoms with Crippen LogP contribution in [0.4, 0.5) is 0 Å². The minimum absolute atomic E-state index is 0.0902. The maximum atomic E-state index is 10.8. The Morgan fingerprint density at radius 3 is 2.47 bits per heavy atom. The fourth-order valence-electron chi connectivity index (χ4n) is 3.49. The molecule has 0 aliphatic heterocycles. The fourth-order valence-corrected chi connectivity index (χ4v) is 4.45. The molecule has 0 aliphatic rings. The van der Waals surface area contributed by atoms with Gasteiger partial charge in [-0.1, -0.05) is 53.7 Å². The molecule has 0 bridgehead atoms. The first kappa shape index (κ1) is 21.8. The van der Waals surface area contributed by atoms with Crippen molar-refractivity contribution in [3.05, 3.63) is 95.5 Å². The molecule has 0 spiro atoms. The van der Waals surface area contributed by atoms with Crippen molar-refractivity contribution in [1.29, 1.82) is 5.26 Å². The Labute approximate surface area is 204 Å². The van der Waals surface area contributed by atoms with Gasteiger partial charge in [0.1, 0.15) is 17.4 Å². The zero-order valence-corrected chi connectivity index (χ0v) is 19.3. The number of aliphatic hydroxyl groups excluding tert-OH is 1. The first-order chi connectivity index (χ1) is 16.6. The summed E-state index contributed by atoms with van der Waals surface area (Å²) in [4.78, 5) is 7.52. The van der Waals surface area contributed by atoms with Gasteiger partial charge in [-0.2, -0.15) is 5.26 Å². The van der Waals surface area contributed by atoms with Gasteiger partial charge in [0, 0.05) is 16.3 Å². The number of nitriles is 1. The molecule has 34 heavy (non-hydrogen) atoms. The zero-order chi connectivity index (χ0) is 23.5. The molecular formula is C25H17ClN6OS. The second-order valence-electron chi connectivity index (χ2n) is 7.31. The molecule has 0 unspecified atom stereocenters. The predicted molar refractivity (Wildman–Crippen MR) is 134 cm³/mol. The topological polar surface area (TPSA) is 103 Å². The van der Waals surface area contributed by atoms with E-state index in [0.717, 1.165) is 22.3 Å². The van der Waals surface area contributed by atoms with Gasteiger partial charge in [-0.05, 0) is 48.5 Å². The third-order valence-electron chi connectivity index (χ3n) is 5.11. The summed E-state index contributed by atoms with van der Waals surface area (Å²) in [6.07, 6.45) is 0. The number of nitrogens with one attached hydrogen (secondary N) is 1. The lowest BCUT2D eigenvalue weighted by Crippen LogP contribution is -2.01. The number of hydrogen-bond donors (Lipinski definition) is 2. The summed E-state index contributed by atoms with van der Waals surface area (Å²) >= 11 is 7.33. The highest BCUT2D eigenvalue weighted by Crippen LogP contribution is 2.30. The number of allylic oxidation sites excluding steroid dienone is 1. The molecule has 7 nitrogen and oxygen atoms in total. The van der Waals surface area contributed by atoms with Crippen molar-refractivity contribution in [3.63, 3.8) is 0 Å². The van der Waals surface area contributed by atoms with Gasteiger partial charge in [0.25, 0.3) is 0 Å². The number of nitrogens with zero attached hydrogens (tertiary/aromatic N) is 5. The Morgan fingerprint density at radius 2 is 1.74 bits per heavy atom. The predicted octanol–water partition coefficient (Wildman–Crippen LogP) is 6.05. The van der Waals surface area contributed by atoms with Crippen LogP contribution in [0.5, 0.6) is 0 Å². The molecule has 5 aromatic rings. The fraction of sp³-hybridized carbons (Fsp3) is 0.0400. The van der Waals surface area contributed by atoms with E-state index < -0.39 is 0 Å². The summed E-state index contributed by atoms with van der Waals surface area (Å²) in [6.45, 7) is 0. The Balaban J connectivity index is 1.49. The average Bonchev–Trinajstić information content (AvgIpc) is 3.48. The van der Waals surface area contributed by atoms with Gasteiger partial charge in [0.2, 0.25) is 0 Å². The maximum Gasteiger partial charge on any atom is 0.196 e. The van der Waals surface area contributed by atoms with E-state index in [9.17, 15) is 10.4 Å². The van der Waals surface area contributed by atoms with E-state index in [0.29, 0.717) is 21.8 Å². The molecule has 0 saturated heterocycles. The van der Waals surface area contributed by atoms with Gasteiger partial charge in [-0.3, -0.25) is 4.57 Å². The second kappa shape index (κ2) is 9.43. The van der Waals surface area contributed by atoms with Gasteiger partial charge in [0.15, 0.2) is 16.8 Å². The minimum Gasteiger partial charge on any atom is -0.510 e. The molecular weight excluding hydrogens is 468 g/mol. The van der Waals surface area contributed by atoms with Gasteiger partial charge in [0.05, 0.1) is 16.8 Å². The second-order valence-corrected chi connectivity index (χ2v) is 8.69. The molecule has 0 atom stereocenters. The van der Waals surface area contributed by atoms with Crippen molar-refractivity contribution < 1.29 is 5.11 Å². The highest BCUT2D eigenvalue weighted by atomic mass is 35.5. The molecule has 3 aromatic carbocycles. The van der Waals surface area contributed by atoms with Gasteiger partial charge < -0.3 is 10.1 Å². The Hall–Kier alpha value is -4.06. The van der Waals surface area contributed by atoms with Crippen LogP contribution in [0.25, 0.3) is 33.7 Å². The number of aromatic nitrogens is 5. The molecule has 5 rings (SSSR count). The van der Waals surface area contributed by atoms with E-state index in [-0.39, 0.29) is 17.1 Å². The molecule has 0 saturated carbocycles. The Kier molecular flexibility index (Phi) is 6.04. The molecule has 0 aliphatic carbocycles. The molecule has 166 valence electrons. The van der Waals surface area contributed by atoms with Crippen molar-refractivity contribution in [2.24, 2.45) is 0 Å². The molecule has 0 radical (unpaired) electrons. The normalized spacial score (nSPS) is 11.9. The van der Waals surface area contributed by atoms with Gasteiger partial charge in [-0.25, -0.2) is 4.98 Å². The zero-order valence-electron chi connectivity index (χ0n) is 17.7. The number of para-hydroxylation sites is 3. The van der Waals surface area contributed by atoms with Crippen LogP contribution in [0.15, 0.2) is 89.8 Å². The number of aromatic amines is 1. The van der Waals surface area contributed by atoms with Crippen LogP contribution in [0.3, 0.4) is 0 Å². The lowest BCUT2D eigenvalue weighted by atomic mass is 10.2. The maximum absolute atomic E-state index is 10.8. The quantitative estimate of drug-likeness (QED) is 0.173. The van der Waals surface area contributed by atoms with E-state index in [1.54, 1.807) is 12.1 Å². The minimum atomic E-state index is -0.0952. The summed E-state index contributed by atoms with van der Waals surface area (Å²) in [7, 11) is 0. The van der Waals surface area contributed by atoms with Crippen LogP contribution in [-0.2, 0) is 0 Å². The number of benzene rings is 3. The summed E-state index contributed by atoms with van der Waals surface area (Å²) in [5.41, 5.74) is 3.34. The van der Waals surface area contributed by atoms with Crippen LogP contribution in [-0.4, -0.2) is 35.6 Å². The third-order valence-corrected chi connectivity index (χ3v) is 6.31. The van der Waals surface area contributed by atoms with Crippen molar-refractivity contribution in [2.75, 3.05) is 5.75 Å². The summed E-state index contributed by atoms with van der Waals surface area (Å²) in [5.74, 6) is 0.993. The number of fused-ring (bicyclic) bond motifs is 1. The van der Waals surface area contributed by atoms with Crippen LogP contribution in [0.2, 0.25) is 5.02 Å². The Bertz CT molecular complexity index is 1500. The van der Waals surface area contributed by atoms with Crippen molar-refractivity contribution in [3.8, 4) is 23.1 Å². The van der Waals surface area contributed by atoms with Crippen molar-refractivity contribution in [1.82, 2.24) is 24.7 Å². The first-order valence-corrected chi connectivity index (χ1v) is 11.7. The van der Waals surface area contributed by atoms with Crippen LogP contribution < -0.4 is 0 Å². The van der Waals surface area contributed by atoms with Crippen LogP contribution in [0, 0.1) is 11.3 Å². The highest BCUT2D eigenvalue weighted by Gasteiger charge is 2.19. The summed E-state index contributed by atoms with van der Waals surface area (Å²) < 4.78 is 1.91. The number of rotatable bonds is 6. The molecule has 2 N–H and O–H groups in total. The van der Waals surface area contributed by atoms with Gasteiger partial charge in [-0.15, -0.1) is 10.2 Å². The van der Waals surface area contributed by atoms with E-state index >= 15 is 0 Å². The summed E-state index contributed by atoms with van der Waals surface area (Å²) in [6, 6.07) is 26.6. The number of aliphatic hydroxyl groups is 1. The van der Waals surface area contributed by atoms with Crippen LogP contribution in [0.1, 0.15) is 5.82 Å². The van der Waals surface area contributed by atoms with E-state index in [4.69, 9.17) is 11.6 Å². The van der Waals surface area contributed by atoms with E-state index in [1.165, 1.54) is 11.8 Å². The molecule has 0 amide bonds. The average molecular weight is 485 g/mol. The highest BCUT2D eigenvalue weighted by molar-refractivity contribution is 7.99. The Morgan fingerprint density at radius 1 is 1.00 bits per heavy atom. The number of H-pyrrole nitrogens is 1. The molecule has 9 heteroatoms. The number of imidazole rings is 1. The smallest absolute Gasteiger partial charge is 0.196 e. The van der Waals surface area contributed by atoms with Crippen LogP contribution >= 0.6 is 23.4 Å². The molecule has 2 heterocycles. The SMILES string of the molecule is N#C/C(=C(/O)CSc1nnc(-c2ccc(Cl)cc2)n1-c1ccccc1)c1nc2ccccc2[nH]1. The largest absolute Gasteiger partial charge is 0.510 e. The first-order valence-electron chi connectivity index (χ1n) is 10.3. The van der Waals surface area contributed by atoms with E-state index in [1.807, 2.05) is 71.3 Å². The van der Waals surface area contributed by atoms with Gasteiger partial charge >= 0.3 is 0 Å². The van der Waals surface area contributed by atoms with E-state index in [2.05, 4.69) is 26.2 Å². The number of halogens is 1. The third kappa shape index (κ3) is 4.27. The standard InChI is InChI=1S/C25H17ClN6OS/c26-17-12-10-16(11-13-17)24-30-31-25(32(24)18-6-2-1-3-7-18)34-15-22(33)19(14-27)23-28-20-8-4-5-9-21(20)29-23/h1-13,33H,15H2,(H,28,29)/b22-19-. The monoisotopic (exact) mass is 484 g/mol. The van der Waals surface area contributed by atoms with Crippen molar-refractivity contribution in [2.45, 2.75) is 5.16 Å². The molecule has 2 aromatic heterocycles. The lowest BCUT2D eigenvalue weighted by Gasteiger charge is -2.10. The molecule has 0 fully saturated rings. The van der Waals surface area contributed by atoms with Crippen molar-refractivity contribution >= 4 is 40.0 Å². The lowest BCUT2D eigenvalue weighted by molar-refractivity contribution is 0.420. The summed E-state index contributed by atoms with van der Waals surface area (Å²) in [5, 5.41) is 30.4. The number of hydrogen-bond acceptors (Lipinski definition) is 6.